The van der Waals surface area contributed by atoms with Crippen molar-refractivity contribution in [2.24, 2.45) is 0 Å². The quantitative estimate of drug-likeness (QED) is 0.592. The van der Waals surface area contributed by atoms with Crippen LogP contribution in [-0.4, -0.2) is 41.9 Å². The van der Waals surface area contributed by atoms with Crippen molar-refractivity contribution in [2.45, 2.75) is 26.3 Å². The van der Waals surface area contributed by atoms with Gasteiger partial charge in [0.05, 0.1) is 11.5 Å². The van der Waals surface area contributed by atoms with Gasteiger partial charge in [-0.25, -0.2) is 0 Å². The molecule has 1 atom stereocenters. The molecule has 1 heterocycles. The van der Waals surface area contributed by atoms with Crippen LogP contribution in [0, 0.1) is 17.0 Å². The number of anilines is 1. The molecule has 1 unspecified atom stereocenters. The van der Waals surface area contributed by atoms with Crippen molar-refractivity contribution in [2.75, 3.05) is 31.5 Å². The van der Waals surface area contributed by atoms with Gasteiger partial charge in [0.25, 0.3) is 5.69 Å². The second-order valence-electron chi connectivity index (χ2n) is 7.06. The highest BCUT2D eigenvalue weighted by atomic mass is 16.6. The number of hydrogen-bond acceptors (Lipinski definition) is 5. The third-order valence-corrected chi connectivity index (χ3v) is 5.19. The lowest BCUT2D eigenvalue weighted by Crippen LogP contribution is -2.48. The summed E-state index contributed by atoms with van der Waals surface area (Å²) in [5.41, 5.74) is 3.31. The van der Waals surface area contributed by atoms with E-state index >= 15 is 0 Å². The minimum absolute atomic E-state index is 0.0830. The molecule has 3 rings (SSSR count). The molecule has 0 radical (unpaired) electrons. The van der Waals surface area contributed by atoms with Crippen LogP contribution < -0.4 is 10.6 Å². The molecule has 0 saturated carbocycles. The summed E-state index contributed by atoms with van der Waals surface area (Å²) in [5, 5.41) is 17.4. The first-order chi connectivity index (χ1) is 13.5. The van der Waals surface area contributed by atoms with Crippen molar-refractivity contribution < 1.29 is 9.72 Å². The Balaban J connectivity index is 1.74. The number of nitrogens with zero attached hydrogens (tertiary/aromatic N) is 2. The number of rotatable bonds is 6. The van der Waals surface area contributed by atoms with Gasteiger partial charge in [-0.05, 0) is 30.0 Å². The van der Waals surface area contributed by atoms with Gasteiger partial charge < -0.3 is 10.6 Å². The normalized spacial score (nSPS) is 17.3. The van der Waals surface area contributed by atoms with E-state index in [9.17, 15) is 14.9 Å². The summed E-state index contributed by atoms with van der Waals surface area (Å²) in [6.45, 7) is 6.38. The zero-order valence-corrected chi connectivity index (χ0v) is 16.3. The summed E-state index contributed by atoms with van der Waals surface area (Å²) in [4.78, 5) is 25.6. The molecule has 2 aromatic carbocycles. The van der Waals surface area contributed by atoms with Crippen LogP contribution >= 0.6 is 0 Å². The molecule has 0 spiro atoms. The Hall–Kier alpha value is -2.77. The van der Waals surface area contributed by atoms with E-state index in [0.717, 1.165) is 26.1 Å². The van der Waals surface area contributed by atoms with Gasteiger partial charge in [-0.15, -0.1) is 0 Å². The molecule has 1 aliphatic heterocycles. The predicted octanol–water partition coefficient (Wildman–Crippen LogP) is 3.05. The predicted molar refractivity (Wildman–Crippen MR) is 109 cm³/mol. The second-order valence-corrected chi connectivity index (χ2v) is 7.06. The molecule has 1 saturated heterocycles. The van der Waals surface area contributed by atoms with Crippen LogP contribution in [0.4, 0.5) is 11.4 Å². The highest BCUT2D eigenvalue weighted by Gasteiger charge is 2.26. The lowest BCUT2D eigenvalue weighted by Gasteiger charge is -2.36. The SMILES string of the molecule is CCc1ccc(C2CNCCN2CC(=O)Nc2c(C)cccc2[N+](=O)[O-])cc1. The average Bonchev–Trinajstić information content (AvgIpc) is 2.70. The molecule has 1 fully saturated rings. The fraction of sp³-hybridized carbons (Fsp3) is 0.381. The number of nitro benzene ring substituents is 1. The van der Waals surface area contributed by atoms with Crippen LogP contribution in [-0.2, 0) is 11.2 Å². The van der Waals surface area contributed by atoms with Crippen LogP contribution in [0.5, 0.6) is 0 Å². The van der Waals surface area contributed by atoms with Gasteiger partial charge >= 0.3 is 0 Å². The summed E-state index contributed by atoms with van der Waals surface area (Å²) in [7, 11) is 0. The first-order valence-corrected chi connectivity index (χ1v) is 9.57. The standard InChI is InChI=1S/C21H26N4O3/c1-3-16-7-9-17(10-8-16)19-13-22-11-12-24(19)14-20(26)23-21-15(2)5-4-6-18(21)25(27)28/h4-10,19,22H,3,11-14H2,1-2H3,(H,23,26). The molecule has 7 heteroatoms. The number of piperazine rings is 1. The molecule has 1 aliphatic rings. The smallest absolute Gasteiger partial charge is 0.293 e. The fourth-order valence-electron chi connectivity index (χ4n) is 3.57. The van der Waals surface area contributed by atoms with Gasteiger partial charge in [0.1, 0.15) is 5.69 Å². The summed E-state index contributed by atoms with van der Waals surface area (Å²) in [6, 6.07) is 13.4. The Labute approximate surface area is 164 Å². The van der Waals surface area contributed by atoms with Gasteiger partial charge in [-0.3, -0.25) is 19.8 Å². The van der Waals surface area contributed by atoms with Crippen LogP contribution in [0.15, 0.2) is 42.5 Å². The first kappa shape index (κ1) is 20.0. The summed E-state index contributed by atoms with van der Waals surface area (Å²) >= 11 is 0. The van der Waals surface area contributed by atoms with Crippen molar-refractivity contribution in [3.05, 3.63) is 69.3 Å². The number of aryl methyl sites for hydroxylation is 2. The van der Waals surface area contributed by atoms with Crippen molar-refractivity contribution in [3.8, 4) is 0 Å². The minimum Gasteiger partial charge on any atom is -0.319 e. The number of carbonyl (C=O) groups excluding carboxylic acids is 1. The maximum Gasteiger partial charge on any atom is 0.293 e. The van der Waals surface area contributed by atoms with E-state index in [0.29, 0.717) is 5.56 Å². The van der Waals surface area contributed by atoms with Gasteiger partial charge in [-0.2, -0.15) is 0 Å². The Kier molecular flexibility index (Phi) is 6.38. The van der Waals surface area contributed by atoms with Gasteiger partial charge in [0, 0.05) is 31.7 Å². The van der Waals surface area contributed by atoms with Crippen molar-refractivity contribution >= 4 is 17.3 Å². The van der Waals surface area contributed by atoms with Crippen LogP contribution in [0.2, 0.25) is 0 Å². The van der Waals surface area contributed by atoms with Gasteiger partial charge in [-0.1, -0.05) is 43.3 Å². The van der Waals surface area contributed by atoms with E-state index in [4.69, 9.17) is 0 Å². The third-order valence-electron chi connectivity index (χ3n) is 5.19. The van der Waals surface area contributed by atoms with E-state index < -0.39 is 4.92 Å². The molecule has 0 aromatic heterocycles. The maximum absolute atomic E-state index is 12.7. The second kappa shape index (κ2) is 8.95. The van der Waals surface area contributed by atoms with Crippen molar-refractivity contribution in [3.63, 3.8) is 0 Å². The number of nitro groups is 1. The van der Waals surface area contributed by atoms with E-state index in [1.807, 2.05) is 0 Å². The number of para-hydroxylation sites is 1. The largest absolute Gasteiger partial charge is 0.319 e. The van der Waals surface area contributed by atoms with E-state index in [1.165, 1.54) is 17.2 Å². The van der Waals surface area contributed by atoms with Crippen molar-refractivity contribution in [1.82, 2.24) is 10.2 Å². The molecule has 28 heavy (non-hydrogen) atoms. The number of hydrogen-bond donors (Lipinski definition) is 2. The molecule has 0 bridgehead atoms. The highest BCUT2D eigenvalue weighted by molar-refractivity contribution is 5.95. The van der Waals surface area contributed by atoms with E-state index in [-0.39, 0.29) is 29.9 Å². The molecular formula is C21H26N4O3. The van der Waals surface area contributed by atoms with E-state index in [1.54, 1.807) is 19.1 Å². The van der Waals surface area contributed by atoms with Crippen LogP contribution in [0.25, 0.3) is 0 Å². The first-order valence-electron chi connectivity index (χ1n) is 9.57. The molecule has 0 aliphatic carbocycles. The highest BCUT2D eigenvalue weighted by Crippen LogP contribution is 2.28. The summed E-state index contributed by atoms with van der Waals surface area (Å²) in [6.07, 6.45) is 0.991. The minimum atomic E-state index is -0.467. The number of nitrogens with one attached hydrogen (secondary N) is 2. The Morgan fingerprint density at radius 3 is 2.71 bits per heavy atom. The lowest BCUT2D eigenvalue weighted by molar-refractivity contribution is -0.384. The molecule has 1 amide bonds. The van der Waals surface area contributed by atoms with Gasteiger partial charge in [0.2, 0.25) is 5.91 Å². The Morgan fingerprint density at radius 2 is 2.04 bits per heavy atom. The maximum atomic E-state index is 12.7. The van der Waals surface area contributed by atoms with Crippen molar-refractivity contribution in [1.29, 1.82) is 0 Å². The lowest BCUT2D eigenvalue weighted by atomic mass is 10.0. The third kappa shape index (κ3) is 4.55. The fourth-order valence-corrected chi connectivity index (χ4v) is 3.57. The molecule has 2 N–H and O–H groups in total. The van der Waals surface area contributed by atoms with Gasteiger partial charge in [0.15, 0.2) is 0 Å². The zero-order valence-electron chi connectivity index (χ0n) is 16.3. The molecule has 2 aromatic rings. The molecule has 148 valence electrons. The number of benzene rings is 2. The topological polar surface area (TPSA) is 87.5 Å². The average molecular weight is 382 g/mol. The zero-order chi connectivity index (χ0) is 20.1. The monoisotopic (exact) mass is 382 g/mol. The number of amides is 1. The molecule has 7 nitrogen and oxygen atoms in total. The van der Waals surface area contributed by atoms with Crippen LogP contribution in [0.3, 0.4) is 0 Å². The Bertz CT molecular complexity index is 851. The summed E-state index contributed by atoms with van der Waals surface area (Å²) in [5.74, 6) is -0.241. The van der Waals surface area contributed by atoms with Crippen LogP contribution in [0.1, 0.15) is 29.7 Å². The Morgan fingerprint density at radius 1 is 1.29 bits per heavy atom. The summed E-state index contributed by atoms with van der Waals surface area (Å²) < 4.78 is 0. The number of carbonyl (C=O) groups is 1. The van der Waals surface area contributed by atoms with E-state index in [2.05, 4.69) is 46.7 Å². The molecular weight excluding hydrogens is 356 g/mol.